The van der Waals surface area contributed by atoms with Gasteiger partial charge in [0.05, 0.1) is 5.69 Å². The molecule has 1 aromatic carbocycles. The van der Waals surface area contributed by atoms with Gasteiger partial charge < -0.3 is 0 Å². The molecule has 6 nitrogen and oxygen atoms in total. The normalized spacial score (nSPS) is 11.2. The Hall–Kier alpha value is -2.93. The van der Waals surface area contributed by atoms with Gasteiger partial charge in [0.1, 0.15) is 5.65 Å². The average molecular weight is 377 g/mol. The lowest BCUT2D eigenvalue weighted by Gasteiger charge is -2.04. The van der Waals surface area contributed by atoms with Gasteiger partial charge in [-0.2, -0.15) is 0 Å². The summed E-state index contributed by atoms with van der Waals surface area (Å²) in [5, 5.41) is 7.87. The van der Waals surface area contributed by atoms with Crippen LogP contribution in [0.15, 0.2) is 58.6 Å². The number of fused-ring (bicyclic) bond motifs is 1. The third-order valence-corrected chi connectivity index (χ3v) is 5.19. The van der Waals surface area contributed by atoms with Crippen LogP contribution in [-0.2, 0) is 12.2 Å². The number of H-pyrrole nitrogens is 1. The molecule has 0 spiro atoms. The van der Waals surface area contributed by atoms with Crippen molar-refractivity contribution in [3.8, 4) is 11.4 Å². The maximum atomic E-state index is 12.3. The van der Waals surface area contributed by atoms with Crippen LogP contribution in [0.4, 0.5) is 0 Å². The highest BCUT2D eigenvalue weighted by atomic mass is 32.2. The number of nitrogens with zero attached hydrogens (tertiary/aromatic N) is 4. The lowest BCUT2D eigenvalue weighted by molar-refractivity contribution is 0.967. The van der Waals surface area contributed by atoms with Gasteiger partial charge in [0.25, 0.3) is 5.56 Å². The molecule has 0 aliphatic rings. The van der Waals surface area contributed by atoms with Gasteiger partial charge in [-0.25, -0.2) is 9.97 Å². The highest BCUT2D eigenvalue weighted by molar-refractivity contribution is 7.98. The highest BCUT2D eigenvalue weighted by Crippen LogP contribution is 2.22. The van der Waals surface area contributed by atoms with Crippen LogP contribution in [0.5, 0.6) is 0 Å². The van der Waals surface area contributed by atoms with Gasteiger partial charge in [0.15, 0.2) is 5.82 Å². The maximum absolute atomic E-state index is 12.3. The molecule has 0 aliphatic carbocycles. The number of pyridine rings is 1. The Labute approximate surface area is 160 Å². The molecule has 0 fully saturated rings. The summed E-state index contributed by atoms with van der Waals surface area (Å²) in [6, 6.07) is 13.6. The van der Waals surface area contributed by atoms with E-state index >= 15 is 0 Å². The largest absolute Gasteiger partial charge is 0.269 e. The number of aryl methyl sites for hydroxylation is 2. The monoisotopic (exact) mass is 377 g/mol. The van der Waals surface area contributed by atoms with Gasteiger partial charge in [-0.1, -0.05) is 49.0 Å². The number of thioether (sulfide) groups is 1. The quantitative estimate of drug-likeness (QED) is 0.537. The van der Waals surface area contributed by atoms with E-state index in [4.69, 9.17) is 0 Å². The SMILES string of the molecule is CCc1ccc(-c2nc(SCc3cc(=O)n4cc(C)ccc4n3)n[nH]2)cc1. The molecule has 0 unspecified atom stereocenters. The Balaban J connectivity index is 1.50. The molecule has 4 aromatic rings. The van der Waals surface area contributed by atoms with Crippen LogP contribution in [0.25, 0.3) is 17.0 Å². The molecule has 3 heterocycles. The summed E-state index contributed by atoms with van der Waals surface area (Å²) >= 11 is 1.45. The topological polar surface area (TPSA) is 75.9 Å². The molecule has 3 aromatic heterocycles. The number of nitrogens with one attached hydrogen (secondary N) is 1. The fourth-order valence-corrected chi connectivity index (χ4v) is 3.50. The first-order valence-electron chi connectivity index (χ1n) is 8.76. The molecule has 0 saturated carbocycles. The molecule has 136 valence electrons. The zero-order valence-electron chi connectivity index (χ0n) is 15.1. The molecular weight excluding hydrogens is 358 g/mol. The van der Waals surface area contributed by atoms with Crippen molar-refractivity contribution in [1.82, 2.24) is 24.6 Å². The smallest absolute Gasteiger partial charge is 0.258 e. The van der Waals surface area contributed by atoms with Crippen LogP contribution in [-0.4, -0.2) is 24.6 Å². The summed E-state index contributed by atoms with van der Waals surface area (Å²) in [5.41, 5.74) is 4.60. The van der Waals surface area contributed by atoms with Crippen LogP contribution in [0, 0.1) is 6.92 Å². The van der Waals surface area contributed by atoms with Crippen LogP contribution in [0.3, 0.4) is 0 Å². The molecule has 4 rings (SSSR count). The van der Waals surface area contributed by atoms with Gasteiger partial charge in [-0.05, 0) is 30.5 Å². The van der Waals surface area contributed by atoms with Gasteiger partial charge in [-0.3, -0.25) is 14.3 Å². The van der Waals surface area contributed by atoms with Crippen molar-refractivity contribution in [2.75, 3.05) is 0 Å². The first-order valence-corrected chi connectivity index (χ1v) is 9.74. The molecule has 1 N–H and O–H groups in total. The van der Waals surface area contributed by atoms with Crippen LogP contribution >= 0.6 is 11.8 Å². The summed E-state index contributed by atoms with van der Waals surface area (Å²) in [4.78, 5) is 21.4. The van der Waals surface area contributed by atoms with E-state index < -0.39 is 0 Å². The fourth-order valence-electron chi connectivity index (χ4n) is 2.81. The minimum atomic E-state index is -0.0778. The summed E-state index contributed by atoms with van der Waals surface area (Å²) in [6.07, 6.45) is 2.81. The standard InChI is InChI=1S/C20H19N5OS/c1-3-14-5-7-15(8-6-14)19-22-20(24-23-19)27-12-16-10-18(26)25-11-13(2)4-9-17(25)21-16/h4-11H,3,12H2,1-2H3,(H,22,23,24). The zero-order chi connectivity index (χ0) is 18.8. The summed E-state index contributed by atoms with van der Waals surface area (Å²) < 4.78 is 1.56. The van der Waals surface area contributed by atoms with E-state index in [1.165, 1.54) is 17.3 Å². The highest BCUT2D eigenvalue weighted by Gasteiger charge is 2.09. The van der Waals surface area contributed by atoms with Crippen molar-refractivity contribution in [2.45, 2.75) is 31.2 Å². The number of benzene rings is 1. The molecule has 0 atom stereocenters. The van der Waals surface area contributed by atoms with E-state index in [0.717, 1.165) is 23.4 Å². The molecule has 27 heavy (non-hydrogen) atoms. The number of hydrogen-bond acceptors (Lipinski definition) is 5. The van der Waals surface area contributed by atoms with E-state index in [1.807, 2.05) is 31.2 Å². The molecule has 0 aliphatic heterocycles. The third-order valence-electron chi connectivity index (χ3n) is 4.31. The molecule has 0 amide bonds. The maximum Gasteiger partial charge on any atom is 0.258 e. The van der Waals surface area contributed by atoms with Crippen LogP contribution < -0.4 is 5.56 Å². The second-order valence-corrected chi connectivity index (χ2v) is 7.27. The first-order chi connectivity index (χ1) is 13.1. The Bertz CT molecular complexity index is 1150. The van der Waals surface area contributed by atoms with E-state index in [0.29, 0.717) is 22.3 Å². The fraction of sp³-hybridized carbons (Fsp3) is 0.200. The second-order valence-electron chi connectivity index (χ2n) is 6.33. The summed E-state index contributed by atoms with van der Waals surface area (Å²) in [5.74, 6) is 1.27. The Morgan fingerprint density at radius 1 is 1.11 bits per heavy atom. The van der Waals surface area contributed by atoms with Crippen molar-refractivity contribution in [3.05, 3.63) is 75.8 Å². The van der Waals surface area contributed by atoms with Gasteiger partial charge in [-0.15, -0.1) is 5.10 Å². The minimum absolute atomic E-state index is 0.0778. The molecular formula is C20H19N5OS. The van der Waals surface area contributed by atoms with E-state index in [1.54, 1.807) is 16.7 Å². The lowest BCUT2D eigenvalue weighted by Crippen LogP contribution is -2.15. The molecule has 0 bridgehead atoms. The second kappa shape index (κ2) is 7.36. The van der Waals surface area contributed by atoms with E-state index in [-0.39, 0.29) is 5.56 Å². The van der Waals surface area contributed by atoms with Crippen LogP contribution in [0.1, 0.15) is 23.7 Å². The van der Waals surface area contributed by atoms with Crippen molar-refractivity contribution in [2.24, 2.45) is 0 Å². The van der Waals surface area contributed by atoms with Crippen molar-refractivity contribution in [3.63, 3.8) is 0 Å². The van der Waals surface area contributed by atoms with Gasteiger partial charge >= 0.3 is 0 Å². The Morgan fingerprint density at radius 3 is 2.70 bits per heavy atom. The number of aromatic amines is 1. The predicted molar refractivity (Wildman–Crippen MR) is 107 cm³/mol. The van der Waals surface area contributed by atoms with Gasteiger partial charge in [0.2, 0.25) is 5.16 Å². The zero-order valence-corrected chi connectivity index (χ0v) is 16.0. The van der Waals surface area contributed by atoms with E-state index in [9.17, 15) is 4.79 Å². The van der Waals surface area contributed by atoms with Crippen molar-refractivity contribution < 1.29 is 0 Å². The Morgan fingerprint density at radius 2 is 1.93 bits per heavy atom. The molecule has 7 heteroatoms. The van der Waals surface area contributed by atoms with Crippen molar-refractivity contribution >= 4 is 17.4 Å². The van der Waals surface area contributed by atoms with Crippen LogP contribution in [0.2, 0.25) is 0 Å². The van der Waals surface area contributed by atoms with E-state index in [2.05, 4.69) is 39.2 Å². The number of rotatable bonds is 5. The predicted octanol–water partition coefficient (Wildman–Crippen LogP) is 3.64. The van der Waals surface area contributed by atoms with Crippen molar-refractivity contribution in [1.29, 1.82) is 0 Å². The van der Waals surface area contributed by atoms with Gasteiger partial charge in [0, 0.05) is 23.6 Å². The lowest BCUT2D eigenvalue weighted by atomic mass is 10.1. The molecule has 0 radical (unpaired) electrons. The first kappa shape index (κ1) is 17.5. The Kier molecular flexibility index (Phi) is 4.77. The average Bonchev–Trinajstić information content (AvgIpc) is 3.16. The number of aromatic nitrogens is 5. The molecule has 0 saturated heterocycles. The number of hydrogen-bond donors (Lipinski definition) is 1. The summed E-state index contributed by atoms with van der Waals surface area (Å²) in [6.45, 7) is 4.08. The third kappa shape index (κ3) is 3.78. The summed E-state index contributed by atoms with van der Waals surface area (Å²) in [7, 11) is 0. The minimum Gasteiger partial charge on any atom is -0.269 e.